The third-order valence-corrected chi connectivity index (χ3v) is 3.88. The van der Waals surface area contributed by atoms with Gasteiger partial charge < -0.3 is 11.1 Å². The van der Waals surface area contributed by atoms with Crippen molar-refractivity contribution in [2.75, 3.05) is 6.54 Å². The van der Waals surface area contributed by atoms with Gasteiger partial charge in [-0.25, -0.2) is 4.39 Å². The maximum absolute atomic E-state index is 13.1. The molecule has 1 unspecified atom stereocenters. The Morgan fingerprint density at radius 1 is 1.30 bits per heavy atom. The van der Waals surface area contributed by atoms with Gasteiger partial charge in [-0.2, -0.15) is 0 Å². The predicted molar refractivity (Wildman–Crippen MR) is 77.7 cm³/mol. The largest absolute Gasteiger partial charge is 0.349 e. The van der Waals surface area contributed by atoms with Crippen LogP contribution >= 0.6 is 0 Å². The summed E-state index contributed by atoms with van der Waals surface area (Å²) in [6, 6.07) is 4.90. The molecule has 1 aliphatic rings. The molecule has 4 heteroatoms. The summed E-state index contributed by atoms with van der Waals surface area (Å²) in [5.74, 6) is -0.101. The Bertz CT molecular complexity index is 462. The Morgan fingerprint density at radius 3 is 2.90 bits per heavy atom. The molecule has 0 saturated heterocycles. The number of hydrogen-bond acceptors (Lipinski definition) is 2. The van der Waals surface area contributed by atoms with Gasteiger partial charge in [-0.15, -0.1) is 0 Å². The molecule has 1 aromatic carbocycles. The number of carbonyl (C=O) groups excluding carboxylic acids is 1. The highest BCUT2D eigenvalue weighted by molar-refractivity contribution is 5.76. The van der Waals surface area contributed by atoms with Crippen molar-refractivity contribution in [1.29, 1.82) is 0 Å². The number of benzene rings is 1. The summed E-state index contributed by atoms with van der Waals surface area (Å²) in [6.07, 6.45) is 6.37. The van der Waals surface area contributed by atoms with Gasteiger partial charge in [-0.3, -0.25) is 4.79 Å². The molecular weight excluding hydrogens is 255 g/mol. The van der Waals surface area contributed by atoms with E-state index >= 15 is 0 Å². The second kappa shape index (κ2) is 7.39. The summed E-state index contributed by atoms with van der Waals surface area (Å²) < 4.78 is 13.1. The van der Waals surface area contributed by atoms with Crippen molar-refractivity contribution in [3.8, 4) is 0 Å². The molecule has 1 amide bonds. The molecule has 0 saturated carbocycles. The second-order valence-electron chi connectivity index (χ2n) is 5.45. The number of hydrogen-bond donors (Lipinski definition) is 2. The minimum atomic E-state index is -0.198. The minimum absolute atomic E-state index is 0.0575. The zero-order chi connectivity index (χ0) is 14.4. The van der Waals surface area contributed by atoms with Crippen molar-refractivity contribution in [2.45, 2.75) is 51.0 Å². The van der Waals surface area contributed by atoms with Crippen LogP contribution in [0.5, 0.6) is 0 Å². The van der Waals surface area contributed by atoms with Gasteiger partial charge in [0, 0.05) is 6.42 Å². The highest BCUT2D eigenvalue weighted by atomic mass is 19.1. The number of fused-ring (bicyclic) bond motifs is 1. The fraction of sp³-hybridized carbons (Fsp3) is 0.562. The minimum Gasteiger partial charge on any atom is -0.349 e. The molecule has 1 aliphatic carbocycles. The van der Waals surface area contributed by atoms with Crippen LogP contribution in [0, 0.1) is 5.82 Å². The molecule has 20 heavy (non-hydrogen) atoms. The topological polar surface area (TPSA) is 55.1 Å². The highest BCUT2D eigenvalue weighted by Crippen LogP contribution is 2.31. The summed E-state index contributed by atoms with van der Waals surface area (Å²) in [5.41, 5.74) is 7.53. The SMILES string of the molecule is NCCCCCCC(=O)NC1CCc2cc(F)ccc21. The van der Waals surface area contributed by atoms with Crippen LogP contribution in [0.1, 0.15) is 55.7 Å². The number of nitrogens with one attached hydrogen (secondary N) is 1. The van der Waals surface area contributed by atoms with Crippen molar-refractivity contribution >= 4 is 5.91 Å². The molecule has 0 heterocycles. The monoisotopic (exact) mass is 278 g/mol. The van der Waals surface area contributed by atoms with Gasteiger partial charge in [0.05, 0.1) is 6.04 Å². The molecule has 110 valence electrons. The zero-order valence-electron chi connectivity index (χ0n) is 11.8. The van der Waals surface area contributed by atoms with E-state index in [4.69, 9.17) is 5.73 Å². The number of rotatable bonds is 7. The van der Waals surface area contributed by atoms with E-state index in [-0.39, 0.29) is 17.8 Å². The van der Waals surface area contributed by atoms with Crippen LogP contribution in [0.25, 0.3) is 0 Å². The lowest BCUT2D eigenvalue weighted by Crippen LogP contribution is -2.26. The van der Waals surface area contributed by atoms with Crippen molar-refractivity contribution in [2.24, 2.45) is 5.73 Å². The number of nitrogens with two attached hydrogens (primary N) is 1. The lowest BCUT2D eigenvalue weighted by Gasteiger charge is -2.14. The Kier molecular flexibility index (Phi) is 5.53. The Morgan fingerprint density at radius 2 is 2.10 bits per heavy atom. The lowest BCUT2D eigenvalue weighted by atomic mass is 10.1. The number of unbranched alkanes of at least 4 members (excludes halogenated alkanes) is 3. The van der Waals surface area contributed by atoms with Crippen molar-refractivity contribution in [1.82, 2.24) is 5.32 Å². The molecule has 3 nitrogen and oxygen atoms in total. The molecule has 3 N–H and O–H groups in total. The summed E-state index contributed by atoms with van der Waals surface area (Å²) in [5, 5.41) is 3.06. The number of aryl methyl sites for hydroxylation is 1. The van der Waals surface area contributed by atoms with Crippen LogP contribution in [0.4, 0.5) is 4.39 Å². The van der Waals surface area contributed by atoms with E-state index < -0.39 is 0 Å². The molecule has 1 aromatic rings. The van der Waals surface area contributed by atoms with Gasteiger partial charge >= 0.3 is 0 Å². The first-order chi connectivity index (χ1) is 9.70. The summed E-state index contributed by atoms with van der Waals surface area (Å²) in [4.78, 5) is 11.9. The van der Waals surface area contributed by atoms with Crippen LogP contribution in [0.15, 0.2) is 18.2 Å². The standard InChI is InChI=1S/C16H23FN2O/c17-13-7-8-14-12(11-13)6-9-15(14)19-16(20)5-3-1-2-4-10-18/h7-8,11,15H,1-6,9-10,18H2,(H,19,20). The van der Waals surface area contributed by atoms with Crippen LogP contribution in [0.3, 0.4) is 0 Å². The third-order valence-electron chi connectivity index (χ3n) is 3.88. The number of carbonyl (C=O) groups is 1. The van der Waals surface area contributed by atoms with E-state index in [9.17, 15) is 9.18 Å². The molecule has 0 fully saturated rings. The maximum atomic E-state index is 13.1. The first kappa shape index (κ1) is 15.0. The average molecular weight is 278 g/mol. The quantitative estimate of drug-likeness (QED) is 0.754. The van der Waals surface area contributed by atoms with E-state index in [1.807, 2.05) is 0 Å². The number of halogens is 1. The summed E-state index contributed by atoms with van der Waals surface area (Å²) in [6.45, 7) is 0.724. The van der Waals surface area contributed by atoms with Crippen molar-refractivity contribution in [3.05, 3.63) is 35.1 Å². The van der Waals surface area contributed by atoms with Gasteiger partial charge in [-0.05, 0) is 55.5 Å². The maximum Gasteiger partial charge on any atom is 0.220 e. The van der Waals surface area contributed by atoms with Gasteiger partial charge in [0.25, 0.3) is 0 Å². The lowest BCUT2D eigenvalue weighted by molar-refractivity contribution is -0.121. The van der Waals surface area contributed by atoms with Crippen LogP contribution < -0.4 is 11.1 Å². The normalized spacial score (nSPS) is 17.0. The molecule has 0 spiro atoms. The Balaban J connectivity index is 1.76. The zero-order valence-corrected chi connectivity index (χ0v) is 11.8. The Labute approximate surface area is 119 Å². The van der Waals surface area contributed by atoms with Crippen molar-refractivity contribution in [3.63, 3.8) is 0 Å². The summed E-state index contributed by atoms with van der Waals surface area (Å²) >= 11 is 0. The molecular formula is C16H23FN2O. The number of amides is 1. The molecule has 0 radical (unpaired) electrons. The van der Waals surface area contributed by atoms with E-state index in [1.54, 1.807) is 12.1 Å². The Hall–Kier alpha value is -1.42. The molecule has 0 aliphatic heterocycles. The van der Waals surface area contributed by atoms with E-state index in [2.05, 4.69) is 5.32 Å². The fourth-order valence-electron chi connectivity index (χ4n) is 2.79. The van der Waals surface area contributed by atoms with Crippen LogP contribution in [-0.4, -0.2) is 12.5 Å². The van der Waals surface area contributed by atoms with E-state index in [0.29, 0.717) is 6.42 Å². The fourth-order valence-corrected chi connectivity index (χ4v) is 2.79. The van der Waals surface area contributed by atoms with Crippen LogP contribution in [0.2, 0.25) is 0 Å². The molecule has 1 atom stereocenters. The van der Waals surface area contributed by atoms with Gasteiger partial charge in [-0.1, -0.05) is 18.9 Å². The smallest absolute Gasteiger partial charge is 0.220 e. The van der Waals surface area contributed by atoms with E-state index in [0.717, 1.165) is 56.2 Å². The van der Waals surface area contributed by atoms with Crippen LogP contribution in [-0.2, 0) is 11.2 Å². The molecule has 0 bridgehead atoms. The third kappa shape index (κ3) is 4.04. The first-order valence-electron chi connectivity index (χ1n) is 7.48. The predicted octanol–water partition coefficient (Wildman–Crippen LogP) is 2.84. The van der Waals surface area contributed by atoms with Gasteiger partial charge in [0.1, 0.15) is 5.82 Å². The summed E-state index contributed by atoms with van der Waals surface area (Å²) in [7, 11) is 0. The second-order valence-corrected chi connectivity index (χ2v) is 5.45. The molecule has 2 rings (SSSR count). The van der Waals surface area contributed by atoms with Crippen molar-refractivity contribution < 1.29 is 9.18 Å². The van der Waals surface area contributed by atoms with Gasteiger partial charge in [0.2, 0.25) is 5.91 Å². The molecule has 0 aromatic heterocycles. The van der Waals surface area contributed by atoms with E-state index in [1.165, 1.54) is 6.07 Å². The van der Waals surface area contributed by atoms with Gasteiger partial charge in [0.15, 0.2) is 0 Å². The average Bonchev–Trinajstić information content (AvgIpc) is 2.81. The first-order valence-corrected chi connectivity index (χ1v) is 7.48. The highest BCUT2D eigenvalue weighted by Gasteiger charge is 2.23.